The number of carbonyl (C=O) groups excluding carboxylic acids is 1. The Bertz CT molecular complexity index is 1340. The van der Waals surface area contributed by atoms with Crippen LogP contribution < -0.4 is 11.1 Å². The lowest BCUT2D eigenvalue weighted by Gasteiger charge is -2.11. The van der Waals surface area contributed by atoms with Crippen molar-refractivity contribution in [1.29, 1.82) is 0 Å². The SMILES string of the molecule is CCCCCn1nc(C(=O)OCc2cc(=O)n3ccsc3n2)c2ccccc2c1=O. The zero-order valence-electron chi connectivity index (χ0n) is 16.4. The molecule has 3 aromatic heterocycles. The number of esters is 1. The molecule has 0 fully saturated rings. The van der Waals surface area contributed by atoms with Crippen molar-refractivity contribution in [2.24, 2.45) is 0 Å². The highest BCUT2D eigenvalue weighted by atomic mass is 32.1. The number of fused-ring (bicyclic) bond motifs is 2. The predicted molar refractivity (Wildman–Crippen MR) is 114 cm³/mol. The number of hydrogen-bond donors (Lipinski definition) is 0. The fraction of sp³-hybridized carbons (Fsp3) is 0.286. The van der Waals surface area contributed by atoms with E-state index < -0.39 is 5.97 Å². The van der Waals surface area contributed by atoms with Crippen LogP contribution in [0.2, 0.25) is 0 Å². The highest BCUT2D eigenvalue weighted by Gasteiger charge is 2.18. The molecular weight excluding hydrogens is 404 g/mol. The van der Waals surface area contributed by atoms with E-state index >= 15 is 0 Å². The summed E-state index contributed by atoms with van der Waals surface area (Å²) < 4.78 is 8.16. The summed E-state index contributed by atoms with van der Waals surface area (Å²) in [7, 11) is 0. The number of benzene rings is 1. The van der Waals surface area contributed by atoms with Crippen LogP contribution in [0.25, 0.3) is 15.7 Å². The van der Waals surface area contributed by atoms with Gasteiger partial charge in [-0.15, -0.1) is 11.3 Å². The number of aryl methyl sites for hydroxylation is 1. The summed E-state index contributed by atoms with van der Waals surface area (Å²) in [5.41, 5.74) is -0.0246. The Morgan fingerprint density at radius 2 is 1.97 bits per heavy atom. The molecule has 30 heavy (non-hydrogen) atoms. The summed E-state index contributed by atoms with van der Waals surface area (Å²) in [4.78, 5) is 42.5. The lowest BCUT2D eigenvalue weighted by Crippen LogP contribution is -2.26. The predicted octanol–water partition coefficient (Wildman–Crippen LogP) is 3.01. The summed E-state index contributed by atoms with van der Waals surface area (Å²) >= 11 is 1.32. The maximum absolute atomic E-state index is 12.8. The molecule has 0 saturated heterocycles. The van der Waals surface area contributed by atoms with Gasteiger partial charge in [0.05, 0.1) is 11.1 Å². The van der Waals surface area contributed by atoms with Crippen LogP contribution in [0.5, 0.6) is 0 Å². The van der Waals surface area contributed by atoms with Crippen LogP contribution in [0.3, 0.4) is 0 Å². The number of ether oxygens (including phenoxy) is 1. The van der Waals surface area contributed by atoms with E-state index in [0.717, 1.165) is 19.3 Å². The molecule has 8 nitrogen and oxygen atoms in total. The van der Waals surface area contributed by atoms with Crippen molar-refractivity contribution in [1.82, 2.24) is 19.2 Å². The Hall–Kier alpha value is -3.33. The van der Waals surface area contributed by atoms with Crippen LogP contribution >= 0.6 is 11.3 Å². The normalized spacial score (nSPS) is 11.2. The van der Waals surface area contributed by atoms with Gasteiger partial charge in [0.25, 0.3) is 11.1 Å². The summed E-state index contributed by atoms with van der Waals surface area (Å²) in [5.74, 6) is -0.663. The molecule has 154 valence electrons. The molecule has 4 rings (SSSR count). The molecule has 0 bridgehead atoms. The number of unbranched alkanes of at least 4 members (excludes halogenated alkanes) is 2. The highest BCUT2D eigenvalue weighted by molar-refractivity contribution is 7.15. The van der Waals surface area contributed by atoms with E-state index in [4.69, 9.17) is 4.74 Å². The molecule has 3 heterocycles. The second-order valence-electron chi connectivity index (χ2n) is 6.85. The van der Waals surface area contributed by atoms with Crippen LogP contribution in [0.4, 0.5) is 0 Å². The zero-order chi connectivity index (χ0) is 21.1. The molecule has 0 saturated carbocycles. The van der Waals surface area contributed by atoms with Gasteiger partial charge in [0.1, 0.15) is 6.61 Å². The van der Waals surface area contributed by atoms with Gasteiger partial charge in [-0.25, -0.2) is 14.5 Å². The first-order valence-electron chi connectivity index (χ1n) is 9.71. The van der Waals surface area contributed by atoms with Crippen molar-refractivity contribution in [2.45, 2.75) is 39.3 Å². The van der Waals surface area contributed by atoms with E-state index in [1.807, 2.05) is 0 Å². The van der Waals surface area contributed by atoms with Gasteiger partial charge >= 0.3 is 5.97 Å². The molecule has 9 heteroatoms. The van der Waals surface area contributed by atoms with Crippen molar-refractivity contribution < 1.29 is 9.53 Å². The van der Waals surface area contributed by atoms with E-state index in [0.29, 0.717) is 28.0 Å². The van der Waals surface area contributed by atoms with Crippen LogP contribution in [0, 0.1) is 0 Å². The number of carbonyl (C=O) groups is 1. The largest absolute Gasteiger partial charge is 0.454 e. The van der Waals surface area contributed by atoms with Gasteiger partial charge in [-0.2, -0.15) is 5.10 Å². The standard InChI is InChI=1S/C21H20N4O4S/c1-2-3-6-9-25-19(27)16-8-5-4-7-15(16)18(23-25)20(28)29-13-14-12-17(26)24-10-11-30-21(24)22-14/h4-5,7-8,10-12H,2-3,6,9,13H2,1H3. The van der Waals surface area contributed by atoms with E-state index in [-0.39, 0.29) is 23.4 Å². The molecule has 1 aromatic carbocycles. The Kier molecular flexibility index (Phi) is 5.71. The Balaban J connectivity index is 1.63. The Labute approximate surface area is 175 Å². The van der Waals surface area contributed by atoms with Crippen LogP contribution in [-0.4, -0.2) is 25.1 Å². The zero-order valence-corrected chi connectivity index (χ0v) is 17.2. The van der Waals surface area contributed by atoms with Crippen molar-refractivity contribution in [3.05, 3.63) is 74.0 Å². The molecule has 0 spiro atoms. The van der Waals surface area contributed by atoms with Crippen LogP contribution in [0.1, 0.15) is 42.4 Å². The molecule has 0 aliphatic rings. The van der Waals surface area contributed by atoms with Crippen molar-refractivity contribution in [3.8, 4) is 0 Å². The molecule has 0 amide bonds. The third-order valence-electron chi connectivity index (χ3n) is 4.74. The van der Waals surface area contributed by atoms with Crippen molar-refractivity contribution in [3.63, 3.8) is 0 Å². The monoisotopic (exact) mass is 424 g/mol. The number of thiazole rings is 1. The lowest BCUT2D eigenvalue weighted by molar-refractivity contribution is 0.0460. The van der Waals surface area contributed by atoms with E-state index in [1.165, 1.54) is 26.5 Å². The number of rotatable bonds is 7. The fourth-order valence-corrected chi connectivity index (χ4v) is 3.96. The second-order valence-corrected chi connectivity index (χ2v) is 7.72. The molecule has 0 unspecified atom stereocenters. The topological polar surface area (TPSA) is 95.6 Å². The summed E-state index contributed by atoms with van der Waals surface area (Å²) in [6.45, 7) is 2.35. The number of hydrogen-bond acceptors (Lipinski definition) is 7. The molecule has 0 aliphatic heterocycles. The number of nitrogens with zero attached hydrogens (tertiary/aromatic N) is 4. The van der Waals surface area contributed by atoms with Crippen LogP contribution in [0.15, 0.2) is 51.5 Å². The minimum atomic E-state index is -0.663. The van der Waals surface area contributed by atoms with Crippen molar-refractivity contribution >= 4 is 33.0 Å². The average molecular weight is 424 g/mol. The quantitative estimate of drug-likeness (QED) is 0.334. The minimum absolute atomic E-state index is 0.0793. The van der Waals surface area contributed by atoms with Gasteiger partial charge in [0, 0.05) is 29.6 Å². The minimum Gasteiger partial charge on any atom is -0.454 e. The lowest BCUT2D eigenvalue weighted by atomic mass is 10.1. The van der Waals surface area contributed by atoms with E-state index in [2.05, 4.69) is 17.0 Å². The second kappa shape index (κ2) is 8.58. The van der Waals surface area contributed by atoms with E-state index in [9.17, 15) is 14.4 Å². The molecule has 0 atom stereocenters. The van der Waals surface area contributed by atoms with Gasteiger partial charge in [0.2, 0.25) is 0 Å². The van der Waals surface area contributed by atoms with Gasteiger partial charge < -0.3 is 4.74 Å². The summed E-state index contributed by atoms with van der Waals surface area (Å²) in [6, 6.07) is 8.20. The fourth-order valence-electron chi connectivity index (χ4n) is 3.22. The van der Waals surface area contributed by atoms with Gasteiger partial charge in [-0.05, 0) is 12.5 Å². The molecule has 0 N–H and O–H groups in total. The first kappa shape index (κ1) is 20.0. The van der Waals surface area contributed by atoms with Gasteiger partial charge in [0.15, 0.2) is 10.7 Å². The third-order valence-corrected chi connectivity index (χ3v) is 5.50. The van der Waals surface area contributed by atoms with Crippen LogP contribution in [-0.2, 0) is 17.9 Å². The van der Waals surface area contributed by atoms with Gasteiger partial charge in [-0.1, -0.05) is 38.0 Å². The molecule has 0 aliphatic carbocycles. The highest BCUT2D eigenvalue weighted by Crippen LogP contribution is 2.15. The summed E-state index contributed by atoms with van der Waals surface area (Å²) in [6.07, 6.45) is 4.42. The first-order valence-corrected chi connectivity index (χ1v) is 10.6. The maximum Gasteiger partial charge on any atom is 0.359 e. The molecule has 4 aromatic rings. The summed E-state index contributed by atoms with van der Waals surface area (Å²) in [5, 5.41) is 6.92. The first-order chi connectivity index (χ1) is 14.6. The van der Waals surface area contributed by atoms with E-state index in [1.54, 1.807) is 35.8 Å². The third kappa shape index (κ3) is 3.88. The maximum atomic E-state index is 12.8. The van der Waals surface area contributed by atoms with Gasteiger partial charge in [-0.3, -0.25) is 14.0 Å². The van der Waals surface area contributed by atoms with Crippen molar-refractivity contribution in [2.75, 3.05) is 0 Å². The number of aromatic nitrogens is 4. The smallest absolute Gasteiger partial charge is 0.359 e. The Morgan fingerprint density at radius 3 is 2.77 bits per heavy atom. The average Bonchev–Trinajstić information content (AvgIpc) is 3.23. The molecular formula is C21H20N4O4S. The Morgan fingerprint density at radius 1 is 1.17 bits per heavy atom. The molecule has 0 radical (unpaired) electrons.